The van der Waals surface area contributed by atoms with E-state index in [9.17, 15) is 18.0 Å². The fourth-order valence-electron chi connectivity index (χ4n) is 3.03. The predicted octanol–water partition coefficient (Wildman–Crippen LogP) is 3.25. The van der Waals surface area contributed by atoms with E-state index in [1.807, 2.05) is 4.90 Å². The summed E-state index contributed by atoms with van der Waals surface area (Å²) in [7, 11) is 0. The molecule has 0 aliphatic carbocycles. The Balaban J connectivity index is 1.58. The molecule has 1 N–H and O–H groups in total. The van der Waals surface area contributed by atoms with Crippen molar-refractivity contribution >= 4 is 17.3 Å². The van der Waals surface area contributed by atoms with Crippen LogP contribution < -0.4 is 10.2 Å². The molecule has 1 unspecified atom stereocenters. The smallest absolute Gasteiger partial charge is 0.241 e. The SMILES string of the molecule is CC(C(=O)Nc1c(F)cccc1F)N1CCN(c2ccc(F)cc2)CC1. The molecule has 7 heteroatoms. The number of piperazine rings is 1. The molecule has 1 aliphatic rings. The molecule has 138 valence electrons. The Labute approximate surface area is 150 Å². The summed E-state index contributed by atoms with van der Waals surface area (Å²) < 4.78 is 40.4. The lowest BCUT2D eigenvalue weighted by molar-refractivity contribution is -0.120. The van der Waals surface area contributed by atoms with Gasteiger partial charge in [0.25, 0.3) is 0 Å². The van der Waals surface area contributed by atoms with Crippen LogP contribution >= 0.6 is 0 Å². The Hall–Kier alpha value is -2.54. The van der Waals surface area contributed by atoms with Gasteiger partial charge in [-0.2, -0.15) is 0 Å². The van der Waals surface area contributed by atoms with Gasteiger partial charge in [0.1, 0.15) is 23.1 Å². The molecule has 0 radical (unpaired) electrons. The third-order valence-corrected chi connectivity index (χ3v) is 4.64. The molecule has 2 aromatic rings. The molecule has 1 amide bonds. The molecule has 0 aromatic heterocycles. The minimum Gasteiger partial charge on any atom is -0.369 e. The summed E-state index contributed by atoms with van der Waals surface area (Å²) in [5.41, 5.74) is 0.505. The maximum atomic E-state index is 13.7. The molecule has 1 fully saturated rings. The van der Waals surface area contributed by atoms with Crippen LogP contribution in [0.4, 0.5) is 24.5 Å². The zero-order chi connectivity index (χ0) is 18.7. The quantitative estimate of drug-likeness (QED) is 0.906. The third kappa shape index (κ3) is 3.99. The maximum absolute atomic E-state index is 13.7. The van der Waals surface area contributed by atoms with E-state index in [0.717, 1.165) is 17.8 Å². The van der Waals surface area contributed by atoms with E-state index in [1.165, 1.54) is 18.2 Å². The lowest BCUT2D eigenvalue weighted by atomic mass is 10.2. The van der Waals surface area contributed by atoms with Gasteiger partial charge in [-0.3, -0.25) is 9.69 Å². The summed E-state index contributed by atoms with van der Waals surface area (Å²) in [4.78, 5) is 16.4. The molecule has 1 aliphatic heterocycles. The molecule has 1 atom stereocenters. The van der Waals surface area contributed by atoms with E-state index in [2.05, 4.69) is 10.2 Å². The monoisotopic (exact) mass is 363 g/mol. The van der Waals surface area contributed by atoms with Gasteiger partial charge in [-0.25, -0.2) is 13.2 Å². The molecule has 3 rings (SSSR count). The number of halogens is 3. The van der Waals surface area contributed by atoms with Gasteiger partial charge in [0.15, 0.2) is 0 Å². The van der Waals surface area contributed by atoms with Crippen LogP contribution in [0.15, 0.2) is 42.5 Å². The van der Waals surface area contributed by atoms with Gasteiger partial charge in [0.2, 0.25) is 5.91 Å². The van der Waals surface area contributed by atoms with Crippen molar-refractivity contribution in [1.29, 1.82) is 0 Å². The highest BCUT2D eigenvalue weighted by Crippen LogP contribution is 2.20. The van der Waals surface area contributed by atoms with Crippen LogP contribution in [0.2, 0.25) is 0 Å². The zero-order valence-electron chi connectivity index (χ0n) is 14.4. The van der Waals surface area contributed by atoms with Gasteiger partial charge < -0.3 is 10.2 Å². The highest BCUT2D eigenvalue weighted by atomic mass is 19.1. The van der Waals surface area contributed by atoms with Crippen molar-refractivity contribution in [2.75, 3.05) is 36.4 Å². The number of hydrogen-bond donors (Lipinski definition) is 1. The normalized spacial score (nSPS) is 16.4. The van der Waals surface area contributed by atoms with Crippen LogP contribution in [0.5, 0.6) is 0 Å². The van der Waals surface area contributed by atoms with Crippen LogP contribution in [0.3, 0.4) is 0 Å². The van der Waals surface area contributed by atoms with Crippen LogP contribution in [0.1, 0.15) is 6.92 Å². The molecule has 26 heavy (non-hydrogen) atoms. The molecule has 0 saturated carbocycles. The second kappa shape index (κ2) is 7.78. The summed E-state index contributed by atoms with van der Waals surface area (Å²) in [6, 6.07) is 9.21. The van der Waals surface area contributed by atoms with Crippen molar-refractivity contribution in [3.05, 3.63) is 59.9 Å². The summed E-state index contributed by atoms with van der Waals surface area (Å²) in [5, 5.41) is 2.34. The summed E-state index contributed by atoms with van der Waals surface area (Å²) >= 11 is 0. The number of nitrogens with one attached hydrogen (secondary N) is 1. The Morgan fingerprint density at radius 3 is 2.12 bits per heavy atom. The molecular formula is C19H20F3N3O. The minimum atomic E-state index is -0.799. The van der Waals surface area contributed by atoms with Crippen molar-refractivity contribution in [3.63, 3.8) is 0 Å². The predicted molar refractivity (Wildman–Crippen MR) is 94.6 cm³/mol. The first-order valence-electron chi connectivity index (χ1n) is 8.45. The fourth-order valence-corrected chi connectivity index (χ4v) is 3.03. The summed E-state index contributed by atoms with van der Waals surface area (Å²) in [5.74, 6) is -2.33. The summed E-state index contributed by atoms with van der Waals surface area (Å²) in [6.07, 6.45) is 0. The average Bonchev–Trinajstić information content (AvgIpc) is 2.65. The van der Waals surface area contributed by atoms with Crippen LogP contribution in [-0.2, 0) is 4.79 Å². The lowest BCUT2D eigenvalue weighted by Gasteiger charge is -2.38. The van der Waals surface area contributed by atoms with Crippen molar-refractivity contribution in [2.24, 2.45) is 0 Å². The first-order valence-corrected chi connectivity index (χ1v) is 8.45. The zero-order valence-corrected chi connectivity index (χ0v) is 14.4. The molecule has 0 spiro atoms. The largest absolute Gasteiger partial charge is 0.369 e. The van der Waals surface area contributed by atoms with E-state index in [1.54, 1.807) is 19.1 Å². The van der Waals surface area contributed by atoms with E-state index in [4.69, 9.17) is 0 Å². The van der Waals surface area contributed by atoms with Gasteiger partial charge in [-0.05, 0) is 43.3 Å². The van der Waals surface area contributed by atoms with Crippen molar-refractivity contribution < 1.29 is 18.0 Å². The average molecular weight is 363 g/mol. The summed E-state index contributed by atoms with van der Waals surface area (Å²) in [6.45, 7) is 4.30. The van der Waals surface area contributed by atoms with Gasteiger partial charge in [-0.15, -0.1) is 0 Å². The number of hydrogen-bond acceptors (Lipinski definition) is 3. The lowest BCUT2D eigenvalue weighted by Crippen LogP contribution is -2.52. The van der Waals surface area contributed by atoms with Crippen LogP contribution in [-0.4, -0.2) is 43.0 Å². The van der Waals surface area contributed by atoms with Crippen LogP contribution in [0.25, 0.3) is 0 Å². The van der Waals surface area contributed by atoms with Gasteiger partial charge in [-0.1, -0.05) is 6.07 Å². The van der Waals surface area contributed by atoms with Crippen molar-refractivity contribution in [3.8, 4) is 0 Å². The number of carbonyl (C=O) groups excluding carboxylic acids is 1. The van der Waals surface area contributed by atoms with E-state index < -0.39 is 29.3 Å². The van der Waals surface area contributed by atoms with Gasteiger partial charge in [0.05, 0.1) is 6.04 Å². The number of rotatable bonds is 4. The first kappa shape index (κ1) is 18.3. The standard InChI is InChI=1S/C19H20F3N3O/c1-13(19(26)23-18-16(21)3-2-4-17(18)22)24-9-11-25(12-10-24)15-7-5-14(20)6-8-15/h2-8,13H,9-12H2,1H3,(H,23,26). The Morgan fingerprint density at radius 2 is 1.54 bits per heavy atom. The van der Waals surface area contributed by atoms with Crippen LogP contribution in [0, 0.1) is 17.5 Å². The fraction of sp³-hybridized carbons (Fsp3) is 0.316. The van der Waals surface area contributed by atoms with E-state index in [0.29, 0.717) is 26.2 Å². The third-order valence-electron chi connectivity index (χ3n) is 4.64. The number of carbonyl (C=O) groups is 1. The second-order valence-corrected chi connectivity index (χ2v) is 6.26. The van der Waals surface area contributed by atoms with Gasteiger partial charge in [0, 0.05) is 31.9 Å². The highest BCUT2D eigenvalue weighted by Gasteiger charge is 2.26. The number of para-hydroxylation sites is 1. The topological polar surface area (TPSA) is 35.6 Å². The molecule has 1 saturated heterocycles. The number of anilines is 2. The number of amides is 1. The highest BCUT2D eigenvalue weighted by molar-refractivity contribution is 5.94. The van der Waals surface area contributed by atoms with E-state index >= 15 is 0 Å². The molecule has 1 heterocycles. The van der Waals surface area contributed by atoms with Gasteiger partial charge >= 0.3 is 0 Å². The van der Waals surface area contributed by atoms with E-state index in [-0.39, 0.29) is 5.82 Å². The molecule has 4 nitrogen and oxygen atoms in total. The van der Waals surface area contributed by atoms with Crippen molar-refractivity contribution in [1.82, 2.24) is 4.90 Å². The van der Waals surface area contributed by atoms with Crippen molar-refractivity contribution in [2.45, 2.75) is 13.0 Å². The molecule has 2 aromatic carbocycles. The maximum Gasteiger partial charge on any atom is 0.241 e. The minimum absolute atomic E-state index is 0.280. The molecule has 0 bridgehead atoms. The number of nitrogens with zero attached hydrogens (tertiary/aromatic N) is 2. The Bertz CT molecular complexity index is 754. The molecular weight excluding hydrogens is 343 g/mol. The first-order chi connectivity index (χ1) is 12.5. The Morgan fingerprint density at radius 1 is 0.962 bits per heavy atom. The number of benzene rings is 2. The second-order valence-electron chi connectivity index (χ2n) is 6.26. The Kier molecular flexibility index (Phi) is 5.46.